The van der Waals surface area contributed by atoms with Gasteiger partial charge in [-0.15, -0.1) is 0 Å². The molecule has 4 amide bonds. The number of carbonyl (C=O) groups is 4. The third-order valence-electron chi connectivity index (χ3n) is 15.0. The zero-order valence-corrected chi connectivity index (χ0v) is 40.2. The molecule has 0 aliphatic carbocycles. The summed E-state index contributed by atoms with van der Waals surface area (Å²) in [5, 5.41) is 9.19. The predicted molar refractivity (Wildman–Crippen MR) is 263 cm³/mol. The maximum absolute atomic E-state index is 13.3. The number of benzene rings is 3. The molecule has 3 aromatic carbocycles. The highest BCUT2D eigenvalue weighted by Gasteiger charge is 2.45. The number of hydrogen-bond donors (Lipinski definition) is 3. The molecular formula is C49H56ClN11O7S. The van der Waals surface area contributed by atoms with Crippen LogP contribution in [0.25, 0.3) is 0 Å². The van der Waals surface area contributed by atoms with E-state index in [1.165, 1.54) is 28.0 Å². The summed E-state index contributed by atoms with van der Waals surface area (Å²) in [4.78, 5) is 70.7. The van der Waals surface area contributed by atoms with Crippen molar-refractivity contribution in [2.45, 2.75) is 63.5 Å². The Morgan fingerprint density at radius 2 is 1.64 bits per heavy atom. The topological polar surface area (TPSA) is 193 Å². The highest BCUT2D eigenvalue weighted by Crippen LogP contribution is 2.43. The van der Waals surface area contributed by atoms with Crippen LogP contribution in [0.3, 0.4) is 0 Å². The standard InChI is InChI=1S/C49H56ClN11O7S/c1-69(66,67)60-20-13-31-5-2-6-38(43(31)60)52-45-37(50)27-51-49(55-45)53-39-9-10-40(35-16-25-68-44(35)39)58-18-14-32(15-19-58)57-23-21-56(22-24-57)17-3-4-30-28-59(29-30)33-7-8-34-36(26-33)48(65)61(47(34)64)41-11-12-42(62)54-46(41)63/h2,5-10,26-27,30,32,41H,3-4,11-25,28-29H2,1H3,(H,54,62,63)(H2,51,52,53,55). The number of ether oxygens (including phenoxy) is 1. The average Bonchev–Trinajstić information content (AvgIpc) is 4.07. The second kappa shape index (κ2) is 18.4. The predicted octanol–water partition coefficient (Wildman–Crippen LogP) is 4.78. The number of hydrogen-bond acceptors (Lipinski definition) is 15. The number of halogens is 1. The fourth-order valence-corrected chi connectivity index (χ4v) is 12.4. The Morgan fingerprint density at radius 1 is 0.841 bits per heavy atom. The average molecular weight is 979 g/mol. The number of fused-ring (bicyclic) bond motifs is 3. The van der Waals surface area contributed by atoms with Gasteiger partial charge in [0.1, 0.15) is 16.8 Å². The Morgan fingerprint density at radius 3 is 2.42 bits per heavy atom. The first-order valence-electron chi connectivity index (χ1n) is 24.1. The van der Waals surface area contributed by atoms with Crippen LogP contribution >= 0.6 is 11.6 Å². The molecule has 362 valence electrons. The van der Waals surface area contributed by atoms with Gasteiger partial charge in [-0.2, -0.15) is 4.98 Å². The first kappa shape index (κ1) is 45.4. The molecule has 8 heterocycles. The summed E-state index contributed by atoms with van der Waals surface area (Å²) in [6.07, 6.45) is 8.95. The van der Waals surface area contributed by atoms with Gasteiger partial charge >= 0.3 is 0 Å². The number of para-hydroxylation sites is 1. The molecular weight excluding hydrogens is 922 g/mol. The van der Waals surface area contributed by atoms with E-state index in [0.717, 1.165) is 119 Å². The minimum Gasteiger partial charge on any atom is -0.491 e. The van der Waals surface area contributed by atoms with Crippen LogP contribution in [0.2, 0.25) is 5.02 Å². The number of imide groups is 2. The van der Waals surface area contributed by atoms with Gasteiger partial charge in [0.25, 0.3) is 11.8 Å². The van der Waals surface area contributed by atoms with Gasteiger partial charge in [-0.05, 0) is 92.9 Å². The number of piperidine rings is 2. The molecule has 4 aromatic rings. The molecule has 3 N–H and O–H groups in total. The fourth-order valence-electron chi connectivity index (χ4n) is 11.3. The van der Waals surface area contributed by atoms with Crippen molar-refractivity contribution in [3.8, 4) is 5.75 Å². The quantitative estimate of drug-likeness (QED) is 0.155. The summed E-state index contributed by atoms with van der Waals surface area (Å²) < 4.78 is 32.8. The zero-order valence-electron chi connectivity index (χ0n) is 38.6. The molecule has 4 fully saturated rings. The monoisotopic (exact) mass is 977 g/mol. The van der Waals surface area contributed by atoms with E-state index in [1.807, 2.05) is 30.3 Å². The van der Waals surface area contributed by atoms with Crippen LogP contribution in [0.1, 0.15) is 70.4 Å². The van der Waals surface area contributed by atoms with Crippen molar-refractivity contribution < 1.29 is 32.3 Å². The van der Waals surface area contributed by atoms with Crippen molar-refractivity contribution in [3.05, 3.63) is 82.0 Å². The molecule has 18 nitrogen and oxygen atoms in total. The Labute approximate surface area is 406 Å². The van der Waals surface area contributed by atoms with Crippen molar-refractivity contribution in [1.82, 2.24) is 30.0 Å². The number of carbonyl (C=O) groups excluding carboxylic acids is 4. The van der Waals surface area contributed by atoms with Crippen molar-refractivity contribution in [2.24, 2.45) is 5.92 Å². The number of rotatable bonds is 13. The van der Waals surface area contributed by atoms with Crippen LogP contribution in [-0.4, -0.2) is 147 Å². The number of sulfonamides is 1. The van der Waals surface area contributed by atoms with Gasteiger partial charge in [0.15, 0.2) is 5.82 Å². The Bertz CT molecular complexity index is 2850. The van der Waals surface area contributed by atoms with Gasteiger partial charge in [0.2, 0.25) is 27.8 Å². The minimum atomic E-state index is -3.46. The molecule has 0 radical (unpaired) electrons. The molecule has 69 heavy (non-hydrogen) atoms. The number of nitrogens with one attached hydrogen (secondary N) is 3. The first-order chi connectivity index (χ1) is 33.4. The normalized spacial score (nSPS) is 21.3. The Balaban J connectivity index is 0.628. The number of nitrogens with zero attached hydrogens (tertiary/aromatic N) is 8. The lowest BCUT2D eigenvalue weighted by Crippen LogP contribution is -2.54. The first-order valence-corrected chi connectivity index (χ1v) is 26.4. The maximum Gasteiger partial charge on any atom is 0.262 e. The van der Waals surface area contributed by atoms with E-state index in [2.05, 4.69) is 46.6 Å². The van der Waals surface area contributed by atoms with Crippen LogP contribution in [0.15, 0.2) is 54.7 Å². The third kappa shape index (κ3) is 8.82. The van der Waals surface area contributed by atoms with E-state index in [1.54, 1.807) is 12.1 Å². The third-order valence-corrected chi connectivity index (χ3v) is 16.4. The Hall–Kier alpha value is -6.02. The number of amides is 4. The molecule has 1 unspecified atom stereocenters. The minimum absolute atomic E-state index is 0.0989. The summed E-state index contributed by atoms with van der Waals surface area (Å²) in [5.74, 6) is 0.160. The van der Waals surface area contributed by atoms with Gasteiger partial charge in [0, 0.05) is 94.7 Å². The lowest BCUT2D eigenvalue weighted by molar-refractivity contribution is -0.136. The molecule has 7 aliphatic heterocycles. The van der Waals surface area contributed by atoms with Gasteiger partial charge in [-0.3, -0.25) is 38.6 Å². The lowest BCUT2D eigenvalue weighted by Gasteiger charge is -2.44. The molecule has 1 aromatic heterocycles. The molecule has 11 rings (SSSR count). The smallest absolute Gasteiger partial charge is 0.262 e. The van der Waals surface area contributed by atoms with Crippen LogP contribution in [0.4, 0.5) is 40.2 Å². The number of anilines is 7. The second-order valence-corrected chi connectivity index (χ2v) is 21.6. The SMILES string of the molecule is CS(=O)(=O)N1CCc2cccc(Nc3nc(Nc4ccc(N5CCC(N6CCN(CCCC7CN(c8ccc9c(c8)C(=O)N(C8CCC(=O)NC8=O)C9=O)C7)CC6)CC5)c5c4OCC5)ncc3Cl)c21. The van der Waals surface area contributed by atoms with Crippen LogP contribution < -0.4 is 34.8 Å². The fraction of sp³-hybridized carbons (Fsp3) is 0.469. The van der Waals surface area contributed by atoms with Crippen LogP contribution in [0.5, 0.6) is 5.75 Å². The maximum atomic E-state index is 13.3. The van der Waals surface area contributed by atoms with Crippen molar-refractivity contribution in [1.29, 1.82) is 0 Å². The van der Waals surface area contributed by atoms with E-state index in [0.29, 0.717) is 70.8 Å². The molecule has 0 spiro atoms. The highest BCUT2D eigenvalue weighted by molar-refractivity contribution is 7.92. The highest BCUT2D eigenvalue weighted by atomic mass is 35.5. The number of aromatic nitrogens is 2. The van der Waals surface area contributed by atoms with E-state index in [-0.39, 0.29) is 18.7 Å². The molecule has 7 aliphatic rings. The summed E-state index contributed by atoms with van der Waals surface area (Å²) in [6, 6.07) is 14.8. The molecule has 1 atom stereocenters. The van der Waals surface area contributed by atoms with E-state index in [4.69, 9.17) is 21.3 Å². The van der Waals surface area contributed by atoms with Gasteiger partial charge < -0.3 is 30.1 Å². The van der Waals surface area contributed by atoms with Crippen molar-refractivity contribution >= 4 is 85.5 Å². The molecule has 0 saturated carbocycles. The summed E-state index contributed by atoms with van der Waals surface area (Å²) >= 11 is 6.57. The number of piperazine rings is 1. The van der Waals surface area contributed by atoms with E-state index < -0.39 is 33.8 Å². The Kier molecular flexibility index (Phi) is 12.1. The van der Waals surface area contributed by atoms with Gasteiger partial charge in [-0.25, -0.2) is 13.4 Å². The zero-order chi connectivity index (χ0) is 47.6. The van der Waals surface area contributed by atoms with Crippen LogP contribution in [0, 0.1) is 5.92 Å². The van der Waals surface area contributed by atoms with Crippen LogP contribution in [-0.2, 0) is 32.5 Å². The summed E-state index contributed by atoms with van der Waals surface area (Å²) in [5.41, 5.74) is 6.89. The molecule has 0 bridgehead atoms. The van der Waals surface area contributed by atoms with Gasteiger partial charge in [0.05, 0.1) is 47.2 Å². The van der Waals surface area contributed by atoms with Gasteiger partial charge in [-0.1, -0.05) is 23.7 Å². The summed E-state index contributed by atoms with van der Waals surface area (Å²) in [6.45, 7) is 10.2. The molecule has 4 saturated heterocycles. The van der Waals surface area contributed by atoms with Crippen molar-refractivity contribution in [2.75, 3.05) is 103 Å². The molecule has 20 heteroatoms. The largest absolute Gasteiger partial charge is 0.491 e. The summed E-state index contributed by atoms with van der Waals surface area (Å²) in [7, 11) is -3.46. The lowest BCUT2D eigenvalue weighted by atomic mass is 9.93. The van der Waals surface area contributed by atoms with E-state index in [9.17, 15) is 27.6 Å². The second-order valence-electron chi connectivity index (χ2n) is 19.3. The van der Waals surface area contributed by atoms with E-state index >= 15 is 0 Å². The van der Waals surface area contributed by atoms with Crippen molar-refractivity contribution in [3.63, 3.8) is 0 Å².